The third kappa shape index (κ3) is 2.93. The topological polar surface area (TPSA) is 57.5 Å². The van der Waals surface area contributed by atoms with E-state index in [-0.39, 0.29) is 33.2 Å². The Morgan fingerprint density at radius 1 is 0.697 bits per heavy atom. The summed E-state index contributed by atoms with van der Waals surface area (Å²) >= 11 is 0. The highest BCUT2D eigenvalue weighted by Gasteiger charge is 2.71. The fraction of sp³-hybridized carbons (Fsp3) is 0.967. The minimum atomic E-state index is -0.504. The molecule has 188 valence electrons. The summed E-state index contributed by atoms with van der Waals surface area (Å²) in [6, 6.07) is 0. The summed E-state index contributed by atoms with van der Waals surface area (Å²) in [5.74, 6) is 1.62. The average molecular weight is 459 g/mol. The maximum absolute atomic E-state index is 12.8. The second kappa shape index (κ2) is 7.01. The van der Waals surface area contributed by atoms with E-state index in [4.69, 9.17) is 0 Å². The van der Waals surface area contributed by atoms with Crippen molar-refractivity contribution >= 4 is 5.97 Å². The predicted molar refractivity (Wildman–Crippen MR) is 133 cm³/mol. The first-order chi connectivity index (χ1) is 15.1. The Labute approximate surface area is 202 Å². The Morgan fingerprint density at radius 3 is 2.03 bits per heavy atom. The van der Waals surface area contributed by atoms with Crippen LogP contribution in [0.25, 0.3) is 0 Å². The monoisotopic (exact) mass is 458 g/mol. The van der Waals surface area contributed by atoms with Crippen LogP contribution in [0.5, 0.6) is 0 Å². The number of aliphatic hydroxyl groups excluding tert-OH is 1. The van der Waals surface area contributed by atoms with Crippen molar-refractivity contribution in [2.24, 2.45) is 56.2 Å². The van der Waals surface area contributed by atoms with Crippen LogP contribution in [-0.4, -0.2) is 22.3 Å². The summed E-state index contributed by atoms with van der Waals surface area (Å²) in [6.07, 6.45) is 11.8. The number of carboxylic acids is 1. The summed E-state index contributed by atoms with van der Waals surface area (Å²) in [4.78, 5) is 12.8. The standard InChI is InChI=1S/C30H50O3/c1-25(2)14-16-30(24(32)33)17-15-28(6)19(20(30)18-25)8-9-22-27(5)12-11-23(31)26(3,4)21(27)10-13-29(22,28)7/h19-23,31H,8-18H2,1-7H3,(H,32,33)/t19?,20-,21-,22+,23-,27-,28+,29+,30-/m0/s1. The van der Waals surface area contributed by atoms with Gasteiger partial charge in [0.1, 0.15) is 0 Å². The summed E-state index contributed by atoms with van der Waals surface area (Å²) in [5, 5.41) is 21.4. The third-order valence-electron chi connectivity index (χ3n) is 13.6. The summed E-state index contributed by atoms with van der Waals surface area (Å²) in [6.45, 7) is 17.2. The van der Waals surface area contributed by atoms with Crippen LogP contribution in [0.1, 0.15) is 119 Å². The van der Waals surface area contributed by atoms with Crippen molar-refractivity contribution in [1.29, 1.82) is 0 Å². The van der Waals surface area contributed by atoms with Gasteiger partial charge in [-0.1, -0.05) is 48.5 Å². The Balaban J connectivity index is 1.54. The minimum absolute atomic E-state index is 0.00942. The smallest absolute Gasteiger partial charge is 0.309 e. The molecule has 0 radical (unpaired) electrons. The first kappa shape index (κ1) is 24.1. The molecular formula is C30H50O3. The molecule has 0 saturated heterocycles. The minimum Gasteiger partial charge on any atom is -0.481 e. The molecule has 5 fully saturated rings. The van der Waals surface area contributed by atoms with Gasteiger partial charge in [-0.15, -0.1) is 0 Å². The number of fused-ring (bicyclic) bond motifs is 7. The fourth-order valence-electron chi connectivity index (χ4n) is 11.4. The summed E-state index contributed by atoms with van der Waals surface area (Å²) < 4.78 is 0. The summed E-state index contributed by atoms with van der Waals surface area (Å²) in [5.41, 5.74) is 0.544. The largest absolute Gasteiger partial charge is 0.481 e. The van der Waals surface area contributed by atoms with Crippen molar-refractivity contribution in [3.63, 3.8) is 0 Å². The zero-order valence-corrected chi connectivity index (χ0v) is 22.5. The lowest BCUT2D eigenvalue weighted by molar-refractivity contribution is -0.255. The zero-order valence-electron chi connectivity index (χ0n) is 22.5. The molecule has 5 aliphatic carbocycles. The van der Waals surface area contributed by atoms with E-state index >= 15 is 0 Å². The van der Waals surface area contributed by atoms with Gasteiger partial charge in [0.25, 0.3) is 0 Å². The molecule has 0 aromatic heterocycles. The van der Waals surface area contributed by atoms with Gasteiger partial charge in [-0.25, -0.2) is 0 Å². The van der Waals surface area contributed by atoms with Crippen LogP contribution in [0.4, 0.5) is 0 Å². The number of rotatable bonds is 1. The van der Waals surface area contributed by atoms with E-state index in [0.717, 1.165) is 44.9 Å². The number of aliphatic hydroxyl groups is 1. The highest BCUT2D eigenvalue weighted by molar-refractivity contribution is 5.75. The molecule has 0 spiro atoms. The molecule has 33 heavy (non-hydrogen) atoms. The van der Waals surface area contributed by atoms with Gasteiger partial charge < -0.3 is 10.2 Å². The molecule has 0 aromatic rings. The molecule has 5 rings (SSSR count). The van der Waals surface area contributed by atoms with E-state index in [1.807, 2.05) is 0 Å². The highest BCUT2D eigenvalue weighted by atomic mass is 16.4. The van der Waals surface area contributed by atoms with Crippen molar-refractivity contribution in [3.8, 4) is 0 Å². The van der Waals surface area contributed by atoms with E-state index in [0.29, 0.717) is 23.7 Å². The highest BCUT2D eigenvalue weighted by Crippen LogP contribution is 2.77. The van der Waals surface area contributed by atoms with Gasteiger partial charge in [0.2, 0.25) is 0 Å². The molecule has 3 nitrogen and oxygen atoms in total. The lowest BCUT2D eigenvalue weighted by Gasteiger charge is -2.73. The number of hydrogen-bond acceptors (Lipinski definition) is 2. The molecular weight excluding hydrogens is 408 g/mol. The molecule has 5 saturated carbocycles. The number of carbonyl (C=O) groups is 1. The van der Waals surface area contributed by atoms with Crippen LogP contribution in [0.2, 0.25) is 0 Å². The van der Waals surface area contributed by atoms with Gasteiger partial charge in [0.15, 0.2) is 0 Å². The van der Waals surface area contributed by atoms with Crippen LogP contribution < -0.4 is 0 Å². The molecule has 0 bridgehead atoms. The van der Waals surface area contributed by atoms with Gasteiger partial charge in [-0.3, -0.25) is 4.79 Å². The Morgan fingerprint density at radius 2 is 1.36 bits per heavy atom. The lowest BCUT2D eigenvalue weighted by atomic mass is 9.31. The van der Waals surface area contributed by atoms with Crippen molar-refractivity contribution in [2.75, 3.05) is 0 Å². The molecule has 1 unspecified atom stereocenters. The van der Waals surface area contributed by atoms with Gasteiger partial charge in [0, 0.05) is 0 Å². The van der Waals surface area contributed by atoms with Crippen LogP contribution in [0.15, 0.2) is 0 Å². The van der Waals surface area contributed by atoms with Crippen molar-refractivity contribution in [1.82, 2.24) is 0 Å². The van der Waals surface area contributed by atoms with E-state index < -0.39 is 11.4 Å². The molecule has 0 amide bonds. The second-order valence-corrected chi connectivity index (χ2v) is 15.5. The quantitative estimate of drug-likeness (QED) is 0.433. The molecule has 0 aliphatic heterocycles. The van der Waals surface area contributed by atoms with E-state index in [1.165, 1.54) is 25.7 Å². The van der Waals surface area contributed by atoms with E-state index in [2.05, 4.69) is 48.5 Å². The molecule has 9 atom stereocenters. The fourth-order valence-corrected chi connectivity index (χ4v) is 11.4. The Bertz CT molecular complexity index is 830. The third-order valence-corrected chi connectivity index (χ3v) is 13.6. The number of carboxylic acid groups (broad SMARTS) is 1. The lowest BCUT2D eigenvalue weighted by Crippen LogP contribution is -2.67. The van der Waals surface area contributed by atoms with Crippen LogP contribution in [0.3, 0.4) is 0 Å². The van der Waals surface area contributed by atoms with Gasteiger partial charge in [-0.05, 0) is 121 Å². The average Bonchev–Trinajstić information content (AvgIpc) is 2.71. The van der Waals surface area contributed by atoms with Gasteiger partial charge in [-0.2, -0.15) is 0 Å². The van der Waals surface area contributed by atoms with Crippen LogP contribution in [0, 0.1) is 56.2 Å². The molecule has 0 heterocycles. The Hall–Kier alpha value is -0.570. The predicted octanol–water partition coefficient (Wildman–Crippen LogP) is 7.31. The van der Waals surface area contributed by atoms with Gasteiger partial charge >= 0.3 is 5.97 Å². The zero-order chi connectivity index (χ0) is 24.2. The van der Waals surface area contributed by atoms with Crippen molar-refractivity contribution in [3.05, 3.63) is 0 Å². The SMILES string of the molecule is CC1(C)CC[C@]2(C(=O)O)CC[C@]3(C)C(CC[C@@H]4[C@@]5(C)CC[C@H](O)C(C)(C)[C@@H]5CC[C@]43C)[C@@H]2C1. The van der Waals surface area contributed by atoms with Crippen molar-refractivity contribution < 1.29 is 15.0 Å². The molecule has 3 heteroatoms. The summed E-state index contributed by atoms with van der Waals surface area (Å²) in [7, 11) is 0. The first-order valence-corrected chi connectivity index (χ1v) is 14.1. The molecule has 0 aromatic carbocycles. The maximum atomic E-state index is 12.8. The second-order valence-electron chi connectivity index (χ2n) is 15.5. The van der Waals surface area contributed by atoms with Crippen LogP contribution in [-0.2, 0) is 4.79 Å². The maximum Gasteiger partial charge on any atom is 0.309 e. The first-order valence-electron chi connectivity index (χ1n) is 14.1. The van der Waals surface area contributed by atoms with E-state index in [1.54, 1.807) is 0 Å². The van der Waals surface area contributed by atoms with E-state index in [9.17, 15) is 15.0 Å². The number of hydrogen-bond donors (Lipinski definition) is 2. The normalized spacial score (nSPS) is 54.8. The van der Waals surface area contributed by atoms with Crippen LogP contribution >= 0.6 is 0 Å². The van der Waals surface area contributed by atoms with Crippen molar-refractivity contribution in [2.45, 2.75) is 125 Å². The Kier molecular flexibility index (Phi) is 5.13. The number of aliphatic carboxylic acids is 1. The molecule has 5 aliphatic rings. The molecule has 2 N–H and O–H groups in total. The van der Waals surface area contributed by atoms with Gasteiger partial charge in [0.05, 0.1) is 11.5 Å².